The Hall–Kier alpha value is -3.91. The first-order valence-corrected chi connectivity index (χ1v) is 11.9. The SMILES string of the molecule is COc1ccccc1CCNc1nc(CN2CCN(C(=O)c3ccco3)CC2)nc2ccccc12. The molecule has 1 aliphatic heterocycles. The number of fused-ring (bicyclic) bond motifs is 1. The van der Waals surface area contributed by atoms with E-state index in [0.717, 1.165) is 59.9 Å². The average molecular weight is 472 g/mol. The lowest BCUT2D eigenvalue weighted by Gasteiger charge is -2.33. The second-order valence-corrected chi connectivity index (χ2v) is 8.54. The van der Waals surface area contributed by atoms with Crippen LogP contribution in [0.1, 0.15) is 21.9 Å². The number of benzene rings is 2. The van der Waals surface area contributed by atoms with Crippen LogP contribution in [0.4, 0.5) is 5.82 Å². The van der Waals surface area contributed by atoms with Gasteiger partial charge < -0.3 is 19.4 Å². The summed E-state index contributed by atoms with van der Waals surface area (Å²) >= 11 is 0. The summed E-state index contributed by atoms with van der Waals surface area (Å²) in [6, 6.07) is 19.6. The fourth-order valence-corrected chi connectivity index (χ4v) is 4.42. The Labute approximate surface area is 204 Å². The highest BCUT2D eigenvalue weighted by Crippen LogP contribution is 2.22. The number of hydrogen-bond acceptors (Lipinski definition) is 7. The second kappa shape index (κ2) is 10.6. The Morgan fingerprint density at radius 1 is 1.00 bits per heavy atom. The lowest BCUT2D eigenvalue weighted by Crippen LogP contribution is -2.48. The molecule has 1 saturated heterocycles. The number of carbonyl (C=O) groups excluding carboxylic acids is 1. The Kier molecular flexibility index (Phi) is 6.90. The summed E-state index contributed by atoms with van der Waals surface area (Å²) < 4.78 is 10.7. The molecule has 1 N–H and O–H groups in total. The number of ether oxygens (including phenoxy) is 1. The van der Waals surface area contributed by atoms with Crippen LogP contribution >= 0.6 is 0 Å². The molecule has 3 heterocycles. The molecule has 8 nitrogen and oxygen atoms in total. The van der Waals surface area contributed by atoms with Crippen molar-refractivity contribution in [2.24, 2.45) is 0 Å². The number of piperazine rings is 1. The van der Waals surface area contributed by atoms with E-state index >= 15 is 0 Å². The second-order valence-electron chi connectivity index (χ2n) is 8.54. The van der Waals surface area contributed by atoms with E-state index in [2.05, 4.69) is 16.3 Å². The molecule has 1 fully saturated rings. The van der Waals surface area contributed by atoms with E-state index in [0.29, 0.717) is 25.4 Å². The van der Waals surface area contributed by atoms with Gasteiger partial charge in [-0.2, -0.15) is 0 Å². The molecule has 0 radical (unpaired) electrons. The van der Waals surface area contributed by atoms with Crippen molar-refractivity contribution in [1.29, 1.82) is 0 Å². The molecule has 1 amide bonds. The fraction of sp³-hybridized carbons (Fsp3) is 0.296. The van der Waals surface area contributed by atoms with Gasteiger partial charge in [-0.3, -0.25) is 9.69 Å². The Bertz CT molecular complexity index is 1280. The Morgan fingerprint density at radius 2 is 1.80 bits per heavy atom. The summed E-state index contributed by atoms with van der Waals surface area (Å²) in [7, 11) is 1.70. The molecule has 180 valence electrons. The van der Waals surface area contributed by atoms with Crippen molar-refractivity contribution in [2.75, 3.05) is 45.2 Å². The lowest BCUT2D eigenvalue weighted by molar-refractivity contribution is 0.0595. The van der Waals surface area contributed by atoms with Crippen LogP contribution in [0.3, 0.4) is 0 Å². The minimum absolute atomic E-state index is 0.0573. The third kappa shape index (κ3) is 5.27. The first kappa shape index (κ1) is 22.9. The van der Waals surface area contributed by atoms with Crippen molar-refractivity contribution in [3.63, 3.8) is 0 Å². The zero-order valence-electron chi connectivity index (χ0n) is 19.8. The van der Waals surface area contributed by atoms with E-state index in [-0.39, 0.29) is 5.91 Å². The van der Waals surface area contributed by atoms with E-state index in [1.54, 1.807) is 19.2 Å². The van der Waals surface area contributed by atoms with Gasteiger partial charge in [-0.1, -0.05) is 30.3 Å². The highest BCUT2D eigenvalue weighted by Gasteiger charge is 2.24. The molecule has 0 saturated carbocycles. The number of rotatable bonds is 8. The summed E-state index contributed by atoms with van der Waals surface area (Å²) in [4.78, 5) is 26.3. The van der Waals surface area contributed by atoms with E-state index in [4.69, 9.17) is 19.1 Å². The summed E-state index contributed by atoms with van der Waals surface area (Å²) in [6.45, 7) is 4.19. The first-order chi connectivity index (χ1) is 17.2. The van der Waals surface area contributed by atoms with E-state index < -0.39 is 0 Å². The summed E-state index contributed by atoms with van der Waals surface area (Å²) in [5.41, 5.74) is 2.08. The third-order valence-corrected chi connectivity index (χ3v) is 6.29. The normalized spacial score (nSPS) is 14.3. The number of amides is 1. The summed E-state index contributed by atoms with van der Waals surface area (Å²) in [6.07, 6.45) is 2.35. The van der Waals surface area contributed by atoms with Crippen LogP contribution in [-0.4, -0.2) is 65.5 Å². The summed E-state index contributed by atoms with van der Waals surface area (Å²) in [5, 5.41) is 4.52. The maximum Gasteiger partial charge on any atom is 0.289 e. The van der Waals surface area contributed by atoms with Crippen LogP contribution in [0, 0.1) is 0 Å². The molecular formula is C27H29N5O3. The van der Waals surface area contributed by atoms with Crippen molar-refractivity contribution in [2.45, 2.75) is 13.0 Å². The van der Waals surface area contributed by atoms with Crippen LogP contribution in [0.25, 0.3) is 10.9 Å². The van der Waals surface area contributed by atoms with Crippen molar-refractivity contribution >= 4 is 22.6 Å². The Morgan fingerprint density at radius 3 is 2.60 bits per heavy atom. The standard InChI is InChI=1S/C27H29N5O3/c1-34-23-10-5-2-7-20(23)12-13-28-26-21-8-3-4-9-22(21)29-25(30-26)19-31-14-16-32(17-15-31)27(33)24-11-6-18-35-24/h2-11,18H,12-17,19H2,1H3,(H,28,29,30). The number of nitrogens with one attached hydrogen (secondary N) is 1. The van der Waals surface area contributed by atoms with Gasteiger partial charge in [-0.15, -0.1) is 0 Å². The van der Waals surface area contributed by atoms with Gasteiger partial charge in [0.25, 0.3) is 5.91 Å². The molecule has 0 aliphatic carbocycles. The van der Waals surface area contributed by atoms with Crippen molar-refractivity contribution in [3.8, 4) is 5.75 Å². The minimum Gasteiger partial charge on any atom is -0.496 e. The predicted octanol–water partition coefficient (Wildman–Crippen LogP) is 3.84. The third-order valence-electron chi connectivity index (χ3n) is 6.29. The lowest BCUT2D eigenvalue weighted by atomic mass is 10.1. The molecule has 2 aromatic heterocycles. The topological polar surface area (TPSA) is 83.7 Å². The van der Waals surface area contributed by atoms with Crippen molar-refractivity contribution in [3.05, 3.63) is 84.1 Å². The van der Waals surface area contributed by atoms with Gasteiger partial charge in [0.1, 0.15) is 17.4 Å². The largest absolute Gasteiger partial charge is 0.496 e. The predicted molar refractivity (Wildman–Crippen MR) is 135 cm³/mol. The first-order valence-electron chi connectivity index (χ1n) is 11.9. The molecule has 4 aromatic rings. The minimum atomic E-state index is -0.0573. The number of aromatic nitrogens is 2. The van der Waals surface area contributed by atoms with E-state index in [9.17, 15) is 4.79 Å². The zero-order chi connectivity index (χ0) is 24.0. The van der Waals surface area contributed by atoms with Gasteiger partial charge in [0.15, 0.2) is 5.76 Å². The van der Waals surface area contributed by atoms with Gasteiger partial charge in [0, 0.05) is 38.1 Å². The Balaban J connectivity index is 1.25. The molecule has 5 rings (SSSR count). The molecule has 1 aliphatic rings. The van der Waals surface area contributed by atoms with Gasteiger partial charge in [-0.25, -0.2) is 9.97 Å². The molecule has 8 heteroatoms. The van der Waals surface area contributed by atoms with Gasteiger partial charge in [0.05, 0.1) is 25.4 Å². The van der Waals surface area contributed by atoms with Crippen LogP contribution in [0.15, 0.2) is 71.3 Å². The smallest absolute Gasteiger partial charge is 0.289 e. The fourth-order valence-electron chi connectivity index (χ4n) is 4.42. The molecule has 0 unspecified atom stereocenters. The van der Waals surface area contributed by atoms with Crippen LogP contribution in [0.5, 0.6) is 5.75 Å². The number of para-hydroxylation sites is 2. The van der Waals surface area contributed by atoms with Gasteiger partial charge in [-0.05, 0) is 42.3 Å². The maximum atomic E-state index is 12.5. The number of methoxy groups -OCH3 is 1. The highest BCUT2D eigenvalue weighted by atomic mass is 16.5. The quantitative estimate of drug-likeness (QED) is 0.418. The maximum absolute atomic E-state index is 12.5. The van der Waals surface area contributed by atoms with E-state index in [1.807, 2.05) is 47.4 Å². The average Bonchev–Trinajstić information content (AvgIpc) is 3.44. The molecular weight excluding hydrogens is 442 g/mol. The molecule has 0 bridgehead atoms. The number of carbonyl (C=O) groups is 1. The van der Waals surface area contributed by atoms with Crippen LogP contribution < -0.4 is 10.1 Å². The highest BCUT2D eigenvalue weighted by molar-refractivity contribution is 5.91. The van der Waals surface area contributed by atoms with Crippen molar-refractivity contribution < 1.29 is 13.9 Å². The molecule has 0 atom stereocenters. The molecule has 2 aromatic carbocycles. The number of hydrogen-bond donors (Lipinski definition) is 1. The van der Waals surface area contributed by atoms with Gasteiger partial charge >= 0.3 is 0 Å². The van der Waals surface area contributed by atoms with Crippen LogP contribution in [-0.2, 0) is 13.0 Å². The molecule has 35 heavy (non-hydrogen) atoms. The zero-order valence-corrected chi connectivity index (χ0v) is 19.8. The van der Waals surface area contributed by atoms with Crippen LogP contribution in [0.2, 0.25) is 0 Å². The number of nitrogens with zero attached hydrogens (tertiary/aromatic N) is 4. The van der Waals surface area contributed by atoms with Gasteiger partial charge in [0.2, 0.25) is 0 Å². The molecule has 0 spiro atoms. The monoisotopic (exact) mass is 471 g/mol. The van der Waals surface area contributed by atoms with Crippen molar-refractivity contribution in [1.82, 2.24) is 19.8 Å². The summed E-state index contributed by atoms with van der Waals surface area (Å²) in [5.74, 6) is 2.84. The van der Waals surface area contributed by atoms with E-state index in [1.165, 1.54) is 6.26 Å². The number of furan rings is 1. The number of anilines is 1.